The van der Waals surface area contributed by atoms with Gasteiger partial charge in [-0.15, -0.1) is 0 Å². The molecule has 0 saturated heterocycles. The van der Waals surface area contributed by atoms with Gasteiger partial charge in [0.25, 0.3) is 0 Å². The van der Waals surface area contributed by atoms with E-state index in [0.29, 0.717) is 6.04 Å². The van der Waals surface area contributed by atoms with Crippen molar-refractivity contribution < 1.29 is 9.13 Å². The average Bonchev–Trinajstić information content (AvgIpc) is 3.02. The Kier molecular flexibility index (Phi) is 4.91. The standard InChI is InChI=1S/C19H21FN2O/c1-23-19-8-4-15(5-9-19)10-11-22-14-21-13-18(22)12-16-2-6-17(20)7-3-16/h2-9,14,18H,10-13H2,1H3/t18-/m0/s1. The molecule has 0 bridgehead atoms. The molecule has 0 aliphatic carbocycles. The van der Waals surface area contributed by atoms with Gasteiger partial charge in [0.2, 0.25) is 0 Å². The molecule has 2 aromatic carbocycles. The summed E-state index contributed by atoms with van der Waals surface area (Å²) in [7, 11) is 1.68. The molecule has 3 rings (SSSR count). The first-order valence-electron chi connectivity index (χ1n) is 7.87. The molecule has 1 aliphatic rings. The maximum Gasteiger partial charge on any atom is 0.123 e. The lowest BCUT2D eigenvalue weighted by Crippen LogP contribution is -2.35. The van der Waals surface area contributed by atoms with Gasteiger partial charge in [0.1, 0.15) is 11.6 Å². The van der Waals surface area contributed by atoms with E-state index in [1.54, 1.807) is 7.11 Å². The summed E-state index contributed by atoms with van der Waals surface area (Å²) in [5, 5.41) is 0. The van der Waals surface area contributed by atoms with E-state index < -0.39 is 0 Å². The van der Waals surface area contributed by atoms with Gasteiger partial charge in [-0.1, -0.05) is 24.3 Å². The number of aliphatic imine (C=N–C) groups is 1. The van der Waals surface area contributed by atoms with Crippen molar-refractivity contribution in [1.29, 1.82) is 0 Å². The molecule has 2 aromatic rings. The molecular formula is C19H21FN2O. The van der Waals surface area contributed by atoms with Crippen LogP contribution in [0.25, 0.3) is 0 Å². The first kappa shape index (κ1) is 15.5. The lowest BCUT2D eigenvalue weighted by Gasteiger charge is -2.24. The van der Waals surface area contributed by atoms with E-state index in [1.807, 2.05) is 30.6 Å². The second-order valence-electron chi connectivity index (χ2n) is 5.80. The Morgan fingerprint density at radius 2 is 1.78 bits per heavy atom. The molecule has 1 aliphatic heterocycles. The minimum absolute atomic E-state index is 0.187. The predicted molar refractivity (Wildman–Crippen MR) is 90.7 cm³/mol. The van der Waals surface area contributed by atoms with Gasteiger partial charge in [-0.2, -0.15) is 0 Å². The van der Waals surface area contributed by atoms with Crippen LogP contribution >= 0.6 is 0 Å². The summed E-state index contributed by atoms with van der Waals surface area (Å²) in [6.07, 6.45) is 3.80. The molecule has 0 unspecified atom stereocenters. The number of ether oxygens (including phenoxy) is 1. The van der Waals surface area contributed by atoms with Crippen LogP contribution in [-0.4, -0.2) is 37.5 Å². The SMILES string of the molecule is COc1ccc(CCN2C=NC[C@@H]2Cc2ccc(F)cc2)cc1. The van der Waals surface area contributed by atoms with Crippen molar-refractivity contribution in [3.8, 4) is 5.75 Å². The van der Waals surface area contributed by atoms with Crippen molar-refractivity contribution in [2.45, 2.75) is 18.9 Å². The molecule has 0 saturated carbocycles. The van der Waals surface area contributed by atoms with Crippen LogP contribution in [0.2, 0.25) is 0 Å². The van der Waals surface area contributed by atoms with Gasteiger partial charge in [0, 0.05) is 6.54 Å². The Labute approximate surface area is 136 Å². The first-order chi connectivity index (χ1) is 11.2. The van der Waals surface area contributed by atoms with Gasteiger partial charge in [-0.05, 0) is 48.2 Å². The first-order valence-corrected chi connectivity index (χ1v) is 7.87. The second-order valence-corrected chi connectivity index (χ2v) is 5.80. The zero-order valence-corrected chi connectivity index (χ0v) is 13.3. The highest BCUT2D eigenvalue weighted by atomic mass is 19.1. The fourth-order valence-corrected chi connectivity index (χ4v) is 2.84. The highest BCUT2D eigenvalue weighted by molar-refractivity contribution is 5.58. The van der Waals surface area contributed by atoms with Crippen LogP contribution in [-0.2, 0) is 12.8 Å². The van der Waals surface area contributed by atoms with Gasteiger partial charge >= 0.3 is 0 Å². The zero-order valence-electron chi connectivity index (χ0n) is 13.3. The minimum Gasteiger partial charge on any atom is -0.497 e. The summed E-state index contributed by atoms with van der Waals surface area (Å²) in [6, 6.07) is 15.3. The molecule has 0 amide bonds. The van der Waals surface area contributed by atoms with Gasteiger partial charge in [-0.3, -0.25) is 4.99 Å². The Balaban J connectivity index is 1.55. The topological polar surface area (TPSA) is 24.8 Å². The van der Waals surface area contributed by atoms with Crippen LogP contribution < -0.4 is 4.74 Å². The summed E-state index contributed by atoms with van der Waals surface area (Å²) in [4.78, 5) is 6.69. The zero-order chi connectivity index (χ0) is 16.1. The van der Waals surface area contributed by atoms with Crippen molar-refractivity contribution in [3.05, 3.63) is 65.5 Å². The number of benzene rings is 2. The van der Waals surface area contributed by atoms with Gasteiger partial charge < -0.3 is 9.64 Å². The van der Waals surface area contributed by atoms with Crippen LogP contribution in [0.3, 0.4) is 0 Å². The summed E-state index contributed by atoms with van der Waals surface area (Å²) < 4.78 is 18.2. The number of methoxy groups -OCH3 is 1. The van der Waals surface area contributed by atoms with Crippen LogP contribution in [0.15, 0.2) is 53.5 Å². The van der Waals surface area contributed by atoms with E-state index in [0.717, 1.165) is 37.2 Å². The number of halogens is 1. The summed E-state index contributed by atoms with van der Waals surface area (Å²) in [5.74, 6) is 0.693. The van der Waals surface area contributed by atoms with Gasteiger partial charge in [-0.25, -0.2) is 4.39 Å². The number of nitrogens with zero attached hydrogens (tertiary/aromatic N) is 2. The molecule has 120 valence electrons. The van der Waals surface area contributed by atoms with Crippen LogP contribution in [0, 0.1) is 5.82 Å². The van der Waals surface area contributed by atoms with E-state index in [1.165, 1.54) is 17.7 Å². The third-order valence-corrected chi connectivity index (χ3v) is 4.22. The van der Waals surface area contributed by atoms with Gasteiger partial charge in [0.15, 0.2) is 0 Å². The van der Waals surface area contributed by atoms with E-state index in [2.05, 4.69) is 22.0 Å². The fraction of sp³-hybridized carbons (Fsp3) is 0.316. The molecule has 0 N–H and O–H groups in total. The molecule has 0 spiro atoms. The fourth-order valence-electron chi connectivity index (χ4n) is 2.84. The third-order valence-electron chi connectivity index (χ3n) is 4.22. The highest BCUT2D eigenvalue weighted by Gasteiger charge is 2.20. The van der Waals surface area contributed by atoms with Crippen molar-refractivity contribution in [1.82, 2.24) is 4.90 Å². The van der Waals surface area contributed by atoms with Crippen molar-refractivity contribution in [3.63, 3.8) is 0 Å². The highest BCUT2D eigenvalue weighted by Crippen LogP contribution is 2.16. The summed E-state index contributed by atoms with van der Waals surface area (Å²) in [6.45, 7) is 1.74. The summed E-state index contributed by atoms with van der Waals surface area (Å²) >= 11 is 0. The molecule has 4 heteroatoms. The Bertz CT molecular complexity index is 652. The molecule has 0 radical (unpaired) electrons. The van der Waals surface area contributed by atoms with E-state index in [4.69, 9.17) is 4.74 Å². The third kappa shape index (κ3) is 4.09. The molecular weight excluding hydrogens is 291 g/mol. The largest absolute Gasteiger partial charge is 0.497 e. The normalized spacial score (nSPS) is 16.8. The van der Waals surface area contributed by atoms with Crippen molar-refractivity contribution in [2.75, 3.05) is 20.2 Å². The van der Waals surface area contributed by atoms with Crippen LogP contribution in [0.4, 0.5) is 4.39 Å². The number of hydrogen-bond acceptors (Lipinski definition) is 3. The summed E-state index contributed by atoms with van der Waals surface area (Å²) in [5.41, 5.74) is 2.43. The Morgan fingerprint density at radius 3 is 2.48 bits per heavy atom. The number of rotatable bonds is 6. The lowest BCUT2D eigenvalue weighted by molar-refractivity contribution is 0.351. The Morgan fingerprint density at radius 1 is 1.09 bits per heavy atom. The quantitative estimate of drug-likeness (QED) is 0.817. The maximum absolute atomic E-state index is 13.0. The average molecular weight is 312 g/mol. The van der Waals surface area contributed by atoms with Crippen molar-refractivity contribution in [2.24, 2.45) is 4.99 Å². The number of hydrogen-bond donors (Lipinski definition) is 0. The minimum atomic E-state index is -0.187. The molecule has 1 atom stereocenters. The molecule has 0 aromatic heterocycles. The monoisotopic (exact) mass is 312 g/mol. The van der Waals surface area contributed by atoms with E-state index in [-0.39, 0.29) is 5.82 Å². The van der Waals surface area contributed by atoms with E-state index in [9.17, 15) is 4.39 Å². The maximum atomic E-state index is 13.0. The molecule has 3 nitrogen and oxygen atoms in total. The van der Waals surface area contributed by atoms with Crippen molar-refractivity contribution >= 4 is 6.34 Å². The lowest BCUT2D eigenvalue weighted by atomic mass is 10.0. The predicted octanol–water partition coefficient (Wildman–Crippen LogP) is 3.33. The van der Waals surface area contributed by atoms with Crippen LogP contribution in [0.5, 0.6) is 5.75 Å². The Hall–Kier alpha value is -2.36. The van der Waals surface area contributed by atoms with Crippen LogP contribution in [0.1, 0.15) is 11.1 Å². The van der Waals surface area contributed by atoms with E-state index >= 15 is 0 Å². The van der Waals surface area contributed by atoms with Gasteiger partial charge in [0.05, 0.1) is 26.0 Å². The second kappa shape index (κ2) is 7.27. The molecule has 0 fully saturated rings. The molecule has 1 heterocycles. The molecule has 23 heavy (non-hydrogen) atoms. The smallest absolute Gasteiger partial charge is 0.123 e.